The Hall–Kier alpha value is -2.04. The van der Waals surface area contributed by atoms with Crippen molar-refractivity contribution in [2.45, 2.75) is 45.4 Å². The number of nitrogens with one attached hydrogen (secondary N) is 1. The molecule has 1 aliphatic carbocycles. The number of amides is 2. The summed E-state index contributed by atoms with van der Waals surface area (Å²) in [6.45, 7) is 2.55. The summed E-state index contributed by atoms with van der Waals surface area (Å²) >= 11 is 0. The van der Waals surface area contributed by atoms with Crippen LogP contribution in [-0.2, 0) is 9.59 Å². The molecule has 0 atom stereocenters. The molecule has 2 amide bonds. The van der Waals surface area contributed by atoms with Crippen molar-refractivity contribution in [3.63, 3.8) is 0 Å². The van der Waals surface area contributed by atoms with Crippen molar-refractivity contribution >= 4 is 17.5 Å². The second-order valence-electron chi connectivity index (χ2n) is 6.38. The van der Waals surface area contributed by atoms with Gasteiger partial charge in [0.05, 0.1) is 13.7 Å². The Balaban J connectivity index is 1.81. The summed E-state index contributed by atoms with van der Waals surface area (Å²) in [5.74, 6) is 1.27. The zero-order valence-corrected chi connectivity index (χ0v) is 14.7. The molecule has 0 unspecified atom stereocenters. The van der Waals surface area contributed by atoms with Gasteiger partial charge in [-0.05, 0) is 31.4 Å². The minimum atomic E-state index is -0.181. The van der Waals surface area contributed by atoms with Crippen LogP contribution in [0, 0.1) is 5.92 Å². The van der Waals surface area contributed by atoms with Crippen LogP contribution in [0.3, 0.4) is 0 Å². The number of carbonyl (C=O) groups excluding carboxylic acids is 2. The normalized spacial score (nSPS) is 14.4. The molecular formula is C19H28N2O3. The monoisotopic (exact) mass is 332 g/mol. The number of likely N-dealkylation sites (N-methyl/N-ethyl adjacent to an activating group) is 1. The Morgan fingerprint density at radius 1 is 1.29 bits per heavy atom. The van der Waals surface area contributed by atoms with Gasteiger partial charge >= 0.3 is 0 Å². The smallest absolute Gasteiger partial charge is 0.243 e. The molecule has 1 aromatic rings. The summed E-state index contributed by atoms with van der Waals surface area (Å²) < 4.78 is 5.14. The van der Waals surface area contributed by atoms with Crippen LogP contribution < -0.4 is 10.1 Å². The Kier molecular flexibility index (Phi) is 7.09. The van der Waals surface area contributed by atoms with Crippen molar-refractivity contribution in [1.82, 2.24) is 4.90 Å². The molecule has 0 aromatic heterocycles. The number of hydrogen-bond acceptors (Lipinski definition) is 3. The quantitative estimate of drug-likeness (QED) is 0.793. The molecule has 0 heterocycles. The summed E-state index contributed by atoms with van der Waals surface area (Å²) in [5, 5.41) is 2.82. The molecule has 1 N–H and O–H groups in total. The van der Waals surface area contributed by atoms with Crippen LogP contribution in [0.15, 0.2) is 24.3 Å². The summed E-state index contributed by atoms with van der Waals surface area (Å²) in [6, 6.07) is 7.20. The van der Waals surface area contributed by atoms with Crippen LogP contribution >= 0.6 is 0 Å². The number of rotatable bonds is 8. The maximum atomic E-state index is 12.3. The molecule has 24 heavy (non-hydrogen) atoms. The van der Waals surface area contributed by atoms with E-state index in [1.54, 1.807) is 24.1 Å². The fraction of sp³-hybridized carbons (Fsp3) is 0.579. The number of nitrogens with zero attached hydrogens (tertiary/aromatic N) is 1. The predicted octanol–water partition coefficient (Wildman–Crippen LogP) is 3.45. The van der Waals surface area contributed by atoms with E-state index in [9.17, 15) is 9.59 Å². The maximum Gasteiger partial charge on any atom is 0.243 e. The van der Waals surface area contributed by atoms with Crippen molar-refractivity contribution < 1.29 is 14.3 Å². The van der Waals surface area contributed by atoms with Crippen LogP contribution in [0.25, 0.3) is 0 Å². The van der Waals surface area contributed by atoms with Crippen LogP contribution in [0.5, 0.6) is 5.75 Å². The van der Waals surface area contributed by atoms with E-state index in [1.165, 1.54) is 25.7 Å². The Morgan fingerprint density at radius 3 is 2.71 bits per heavy atom. The van der Waals surface area contributed by atoms with Gasteiger partial charge in [-0.1, -0.05) is 31.7 Å². The van der Waals surface area contributed by atoms with Gasteiger partial charge in [-0.15, -0.1) is 0 Å². The van der Waals surface area contributed by atoms with Crippen LogP contribution in [0.2, 0.25) is 0 Å². The molecule has 5 heteroatoms. The van der Waals surface area contributed by atoms with Gasteiger partial charge < -0.3 is 15.0 Å². The standard InChI is InChI=1S/C19H28N2O3/c1-3-21(19(23)12-11-15-7-4-5-8-15)14-18(22)20-16-9-6-10-17(13-16)24-2/h6,9-10,13,15H,3-5,7-8,11-12,14H2,1-2H3,(H,20,22). The molecule has 0 aliphatic heterocycles. The summed E-state index contributed by atoms with van der Waals surface area (Å²) in [6.07, 6.45) is 6.57. The first kappa shape index (κ1) is 18.3. The van der Waals surface area contributed by atoms with Gasteiger partial charge in [0.1, 0.15) is 5.75 Å². The molecule has 0 radical (unpaired) electrons. The van der Waals surface area contributed by atoms with Gasteiger partial charge in [0.25, 0.3) is 0 Å². The molecule has 5 nitrogen and oxygen atoms in total. The third kappa shape index (κ3) is 5.55. The third-order valence-electron chi connectivity index (χ3n) is 4.66. The Labute approximate surface area is 144 Å². The minimum Gasteiger partial charge on any atom is -0.497 e. The number of hydrogen-bond donors (Lipinski definition) is 1. The average molecular weight is 332 g/mol. The van der Waals surface area contributed by atoms with E-state index in [1.807, 2.05) is 19.1 Å². The van der Waals surface area contributed by atoms with Crippen molar-refractivity contribution in [2.24, 2.45) is 5.92 Å². The first-order chi connectivity index (χ1) is 11.6. The molecule has 1 aliphatic rings. The highest BCUT2D eigenvalue weighted by atomic mass is 16.5. The Morgan fingerprint density at radius 2 is 2.04 bits per heavy atom. The van der Waals surface area contributed by atoms with E-state index >= 15 is 0 Å². The predicted molar refractivity (Wildman–Crippen MR) is 95.1 cm³/mol. The number of benzene rings is 1. The molecule has 1 saturated carbocycles. The second-order valence-corrected chi connectivity index (χ2v) is 6.38. The van der Waals surface area contributed by atoms with Crippen LogP contribution in [-0.4, -0.2) is 36.9 Å². The third-order valence-corrected chi connectivity index (χ3v) is 4.66. The second kappa shape index (κ2) is 9.30. The van der Waals surface area contributed by atoms with E-state index in [4.69, 9.17) is 4.74 Å². The van der Waals surface area contributed by atoms with E-state index < -0.39 is 0 Å². The first-order valence-electron chi connectivity index (χ1n) is 8.84. The molecule has 0 saturated heterocycles. The lowest BCUT2D eigenvalue weighted by Crippen LogP contribution is -2.37. The molecule has 132 valence electrons. The lowest BCUT2D eigenvalue weighted by atomic mass is 10.0. The maximum absolute atomic E-state index is 12.3. The fourth-order valence-corrected chi connectivity index (χ4v) is 3.24. The van der Waals surface area contributed by atoms with E-state index in [2.05, 4.69) is 5.32 Å². The molecular weight excluding hydrogens is 304 g/mol. The molecule has 2 rings (SSSR count). The van der Waals surface area contributed by atoms with Gasteiger partial charge in [0.15, 0.2) is 0 Å². The summed E-state index contributed by atoms with van der Waals surface area (Å²) in [5.41, 5.74) is 0.675. The van der Waals surface area contributed by atoms with E-state index in [-0.39, 0.29) is 18.4 Å². The minimum absolute atomic E-state index is 0.0743. The summed E-state index contributed by atoms with van der Waals surface area (Å²) in [7, 11) is 1.59. The van der Waals surface area contributed by atoms with Crippen molar-refractivity contribution in [3.8, 4) is 5.75 Å². The fourth-order valence-electron chi connectivity index (χ4n) is 3.24. The highest BCUT2D eigenvalue weighted by molar-refractivity contribution is 5.94. The zero-order chi connectivity index (χ0) is 17.4. The molecule has 1 aromatic carbocycles. The van der Waals surface area contributed by atoms with Gasteiger partial charge in [-0.2, -0.15) is 0 Å². The SMILES string of the molecule is CCN(CC(=O)Nc1cccc(OC)c1)C(=O)CCC1CCCC1. The zero-order valence-electron chi connectivity index (χ0n) is 14.7. The lowest BCUT2D eigenvalue weighted by Gasteiger charge is -2.21. The van der Waals surface area contributed by atoms with Crippen molar-refractivity contribution in [3.05, 3.63) is 24.3 Å². The Bertz CT molecular complexity index is 553. The number of methoxy groups -OCH3 is 1. The van der Waals surface area contributed by atoms with Crippen LogP contribution in [0.1, 0.15) is 45.4 Å². The van der Waals surface area contributed by atoms with Crippen LogP contribution in [0.4, 0.5) is 5.69 Å². The molecule has 1 fully saturated rings. The molecule has 0 spiro atoms. The molecule has 0 bridgehead atoms. The van der Waals surface area contributed by atoms with Gasteiger partial charge in [0.2, 0.25) is 11.8 Å². The largest absolute Gasteiger partial charge is 0.497 e. The number of carbonyl (C=O) groups is 2. The van der Waals surface area contributed by atoms with E-state index in [0.29, 0.717) is 30.3 Å². The van der Waals surface area contributed by atoms with Gasteiger partial charge in [0, 0.05) is 24.7 Å². The topological polar surface area (TPSA) is 58.6 Å². The van der Waals surface area contributed by atoms with Gasteiger partial charge in [-0.3, -0.25) is 9.59 Å². The highest BCUT2D eigenvalue weighted by Crippen LogP contribution is 2.28. The summed E-state index contributed by atoms with van der Waals surface area (Å²) in [4.78, 5) is 26.2. The highest BCUT2D eigenvalue weighted by Gasteiger charge is 2.20. The average Bonchev–Trinajstić information content (AvgIpc) is 3.11. The first-order valence-corrected chi connectivity index (χ1v) is 8.84. The number of ether oxygens (including phenoxy) is 1. The lowest BCUT2D eigenvalue weighted by molar-refractivity contribution is -0.134. The van der Waals surface area contributed by atoms with Crippen molar-refractivity contribution in [1.29, 1.82) is 0 Å². The number of anilines is 1. The van der Waals surface area contributed by atoms with E-state index in [0.717, 1.165) is 6.42 Å². The van der Waals surface area contributed by atoms with Gasteiger partial charge in [-0.25, -0.2) is 0 Å². The van der Waals surface area contributed by atoms with Crippen molar-refractivity contribution in [2.75, 3.05) is 25.5 Å².